The number of hydrogen-bond donors (Lipinski definition) is 0. The van der Waals surface area contributed by atoms with E-state index in [4.69, 9.17) is 9.47 Å². The summed E-state index contributed by atoms with van der Waals surface area (Å²) < 4.78 is 23.7. The van der Waals surface area contributed by atoms with Crippen LogP contribution in [-0.2, 0) is 26.8 Å². The Kier molecular flexibility index (Phi) is 7.26. The van der Waals surface area contributed by atoms with Gasteiger partial charge >= 0.3 is 0 Å². The minimum Gasteiger partial charge on any atom is -0.493 e. The largest absolute Gasteiger partial charge is 0.493 e. The Morgan fingerprint density at radius 2 is 1.70 bits per heavy atom. The Morgan fingerprint density at radius 1 is 1.00 bits per heavy atom. The van der Waals surface area contributed by atoms with Gasteiger partial charge in [0.05, 0.1) is 25.0 Å². The molecule has 1 heterocycles. The zero-order valence-corrected chi connectivity index (χ0v) is 18.3. The van der Waals surface area contributed by atoms with Crippen LogP contribution in [-0.4, -0.2) is 46.9 Å². The molecule has 2 amide bonds. The number of imide groups is 1. The minimum atomic E-state index is -1.50. The summed E-state index contributed by atoms with van der Waals surface area (Å²) in [6, 6.07) is 14.5. The van der Waals surface area contributed by atoms with E-state index in [1.165, 1.54) is 4.90 Å². The summed E-state index contributed by atoms with van der Waals surface area (Å²) >= 11 is 0. The number of nitrogens with zero attached hydrogens (tertiary/aromatic N) is 1. The van der Waals surface area contributed by atoms with Crippen molar-refractivity contribution >= 4 is 22.6 Å². The van der Waals surface area contributed by atoms with E-state index in [9.17, 15) is 13.8 Å². The molecule has 160 valence electrons. The number of piperidine rings is 1. The summed E-state index contributed by atoms with van der Waals surface area (Å²) in [5.41, 5.74) is 0.924. The van der Waals surface area contributed by atoms with E-state index in [-0.39, 0.29) is 24.3 Å². The summed E-state index contributed by atoms with van der Waals surface area (Å²) in [6.45, 7) is 2.17. The van der Waals surface area contributed by atoms with Crippen molar-refractivity contribution in [1.29, 1.82) is 0 Å². The van der Waals surface area contributed by atoms with Crippen molar-refractivity contribution in [2.75, 3.05) is 20.8 Å². The van der Waals surface area contributed by atoms with Crippen molar-refractivity contribution in [2.45, 2.75) is 36.3 Å². The van der Waals surface area contributed by atoms with E-state index in [2.05, 4.69) is 0 Å². The molecule has 7 heteroatoms. The van der Waals surface area contributed by atoms with Crippen molar-refractivity contribution in [3.05, 3.63) is 54.1 Å². The van der Waals surface area contributed by atoms with Crippen LogP contribution in [0.1, 0.15) is 25.3 Å². The Hall–Kier alpha value is -2.67. The number of methoxy groups -OCH3 is 2. The fraction of sp³-hybridized carbons (Fsp3) is 0.391. The molecule has 2 aromatic carbocycles. The van der Waals surface area contributed by atoms with Gasteiger partial charge < -0.3 is 9.47 Å². The molecule has 30 heavy (non-hydrogen) atoms. The fourth-order valence-electron chi connectivity index (χ4n) is 3.70. The van der Waals surface area contributed by atoms with Crippen LogP contribution in [0.15, 0.2) is 53.4 Å². The molecule has 0 spiro atoms. The highest BCUT2D eigenvalue weighted by molar-refractivity contribution is 7.86. The molecule has 0 N–H and O–H groups in total. The number of rotatable bonds is 8. The lowest BCUT2D eigenvalue weighted by molar-refractivity contribution is -0.151. The quantitative estimate of drug-likeness (QED) is 0.603. The van der Waals surface area contributed by atoms with Crippen LogP contribution in [0.2, 0.25) is 0 Å². The lowest BCUT2D eigenvalue weighted by Gasteiger charge is -2.35. The van der Waals surface area contributed by atoms with Crippen LogP contribution < -0.4 is 9.47 Å². The molecule has 0 radical (unpaired) electrons. The maximum atomic E-state index is 13.1. The second-order valence-electron chi connectivity index (χ2n) is 7.21. The van der Waals surface area contributed by atoms with Gasteiger partial charge in [-0.05, 0) is 49.1 Å². The molecule has 2 aromatic rings. The van der Waals surface area contributed by atoms with Crippen LogP contribution in [0.25, 0.3) is 0 Å². The predicted octanol–water partition coefficient (Wildman–Crippen LogP) is 3.21. The number of carbonyl (C=O) groups is 2. The SMILES string of the molecule is CCC1CC(S(=O)c2ccccc2)C(=O)N(CCc2ccc(OC)c(OC)c2)C1=O. The molecular formula is C23H27NO5S. The predicted molar refractivity (Wildman–Crippen MR) is 115 cm³/mol. The average Bonchev–Trinajstić information content (AvgIpc) is 2.79. The van der Waals surface area contributed by atoms with Gasteiger partial charge in [-0.1, -0.05) is 31.2 Å². The van der Waals surface area contributed by atoms with Crippen LogP contribution in [0.3, 0.4) is 0 Å². The standard InChI is InChI=1S/C23H27NO5S/c1-4-17-15-21(30(27)18-8-6-5-7-9-18)23(26)24(22(17)25)13-12-16-10-11-19(28-2)20(14-16)29-3/h5-11,14,17,21H,4,12-13,15H2,1-3H3. The first-order valence-electron chi connectivity index (χ1n) is 10.0. The average molecular weight is 430 g/mol. The molecule has 0 aromatic heterocycles. The normalized spacial score (nSPS) is 20.2. The molecule has 3 unspecified atom stereocenters. The number of likely N-dealkylation sites (tertiary alicyclic amines) is 1. The van der Waals surface area contributed by atoms with E-state index in [0.717, 1.165) is 5.56 Å². The third-order valence-corrected chi connectivity index (χ3v) is 7.10. The molecule has 3 rings (SSSR count). The molecular weight excluding hydrogens is 402 g/mol. The number of amides is 2. The lowest BCUT2D eigenvalue weighted by atomic mass is 9.93. The van der Waals surface area contributed by atoms with Gasteiger partial charge in [-0.25, -0.2) is 0 Å². The molecule has 1 fully saturated rings. The molecule has 0 saturated carbocycles. The van der Waals surface area contributed by atoms with Gasteiger partial charge in [-0.3, -0.25) is 18.7 Å². The van der Waals surface area contributed by atoms with E-state index < -0.39 is 16.0 Å². The highest BCUT2D eigenvalue weighted by Gasteiger charge is 2.42. The summed E-state index contributed by atoms with van der Waals surface area (Å²) in [4.78, 5) is 27.9. The smallest absolute Gasteiger partial charge is 0.245 e. The number of hydrogen-bond acceptors (Lipinski definition) is 5. The molecule has 0 bridgehead atoms. The van der Waals surface area contributed by atoms with Gasteiger partial charge in [0.1, 0.15) is 5.25 Å². The topological polar surface area (TPSA) is 72.9 Å². The second-order valence-corrected chi connectivity index (χ2v) is 8.84. The van der Waals surface area contributed by atoms with Crippen molar-refractivity contribution in [1.82, 2.24) is 4.90 Å². The summed E-state index contributed by atoms with van der Waals surface area (Å²) in [7, 11) is 1.64. The first kappa shape index (κ1) is 22.0. The Bertz CT molecular complexity index is 930. The van der Waals surface area contributed by atoms with Crippen LogP contribution in [0.4, 0.5) is 0 Å². The lowest BCUT2D eigenvalue weighted by Crippen LogP contribution is -2.53. The summed E-state index contributed by atoms with van der Waals surface area (Å²) in [5.74, 6) is 0.388. The number of benzene rings is 2. The van der Waals surface area contributed by atoms with Crippen LogP contribution >= 0.6 is 0 Å². The Morgan fingerprint density at radius 3 is 2.33 bits per heavy atom. The second kappa shape index (κ2) is 9.89. The van der Waals surface area contributed by atoms with Gasteiger partial charge in [0.25, 0.3) is 0 Å². The third kappa shape index (κ3) is 4.56. The van der Waals surface area contributed by atoms with Gasteiger partial charge in [-0.15, -0.1) is 0 Å². The van der Waals surface area contributed by atoms with Gasteiger partial charge in [-0.2, -0.15) is 0 Å². The molecule has 1 saturated heterocycles. The zero-order chi connectivity index (χ0) is 21.7. The monoisotopic (exact) mass is 429 g/mol. The first-order chi connectivity index (χ1) is 14.5. The van der Waals surface area contributed by atoms with E-state index in [1.54, 1.807) is 44.6 Å². The first-order valence-corrected chi connectivity index (χ1v) is 11.2. The van der Waals surface area contributed by atoms with Crippen molar-refractivity contribution in [3.63, 3.8) is 0 Å². The Balaban J connectivity index is 1.79. The number of ether oxygens (including phenoxy) is 2. The van der Waals surface area contributed by atoms with E-state index in [0.29, 0.717) is 35.7 Å². The summed E-state index contributed by atoms with van der Waals surface area (Å²) in [6.07, 6.45) is 1.42. The van der Waals surface area contributed by atoms with Gasteiger partial charge in [0, 0.05) is 17.4 Å². The molecule has 1 aliphatic heterocycles. The number of carbonyl (C=O) groups excluding carboxylic acids is 2. The van der Waals surface area contributed by atoms with E-state index >= 15 is 0 Å². The van der Waals surface area contributed by atoms with Crippen molar-refractivity contribution in [3.8, 4) is 11.5 Å². The Labute approximate surface area is 179 Å². The zero-order valence-electron chi connectivity index (χ0n) is 17.5. The maximum absolute atomic E-state index is 13.1. The van der Waals surface area contributed by atoms with E-state index in [1.807, 2.05) is 25.1 Å². The molecule has 6 nitrogen and oxygen atoms in total. The third-order valence-electron chi connectivity index (χ3n) is 5.45. The highest BCUT2D eigenvalue weighted by atomic mass is 32.2. The van der Waals surface area contributed by atoms with Crippen LogP contribution in [0.5, 0.6) is 11.5 Å². The van der Waals surface area contributed by atoms with Crippen molar-refractivity contribution in [2.24, 2.45) is 5.92 Å². The molecule has 3 atom stereocenters. The minimum absolute atomic E-state index is 0.177. The van der Waals surface area contributed by atoms with Crippen molar-refractivity contribution < 1.29 is 23.3 Å². The van der Waals surface area contributed by atoms with Gasteiger partial charge in [0.15, 0.2) is 11.5 Å². The summed E-state index contributed by atoms with van der Waals surface area (Å²) in [5, 5.41) is -0.708. The van der Waals surface area contributed by atoms with Gasteiger partial charge in [0.2, 0.25) is 11.8 Å². The molecule has 1 aliphatic rings. The highest BCUT2D eigenvalue weighted by Crippen LogP contribution is 2.30. The molecule has 0 aliphatic carbocycles. The van der Waals surface area contributed by atoms with Crippen LogP contribution in [0, 0.1) is 5.92 Å². The fourth-order valence-corrected chi connectivity index (χ4v) is 5.17. The maximum Gasteiger partial charge on any atom is 0.245 e.